The molecule has 1 aromatic rings. The van der Waals surface area contributed by atoms with E-state index >= 15 is 0 Å². The maximum absolute atomic E-state index is 10.9. The van der Waals surface area contributed by atoms with E-state index in [4.69, 9.17) is 5.11 Å². The molecule has 15 heavy (non-hydrogen) atoms. The van der Waals surface area contributed by atoms with E-state index in [-0.39, 0.29) is 6.42 Å². The van der Waals surface area contributed by atoms with Gasteiger partial charge in [-0.2, -0.15) is 0 Å². The van der Waals surface area contributed by atoms with Crippen LogP contribution in [0, 0.1) is 0 Å². The maximum Gasteiger partial charge on any atom is 0.326 e. The lowest BCUT2D eigenvalue weighted by molar-refractivity contribution is -0.138. The number of nitrogens with one attached hydrogen (secondary N) is 1. The first-order chi connectivity index (χ1) is 7.16. The number of aliphatic carboxylic acids is 1. The van der Waals surface area contributed by atoms with E-state index in [1.54, 1.807) is 0 Å². The number of carboxylic acid groups (broad SMARTS) is 1. The van der Waals surface area contributed by atoms with Gasteiger partial charge in [-0.1, -0.05) is 18.2 Å². The molecule has 1 aliphatic heterocycles. The third-order valence-electron chi connectivity index (χ3n) is 2.61. The quantitative estimate of drug-likeness (QED) is 0.638. The van der Waals surface area contributed by atoms with Crippen molar-refractivity contribution in [1.29, 1.82) is 0 Å². The van der Waals surface area contributed by atoms with Crippen LogP contribution in [0.4, 0.5) is 5.69 Å². The van der Waals surface area contributed by atoms with E-state index in [2.05, 4.69) is 5.32 Å². The Morgan fingerprint density at radius 3 is 2.87 bits per heavy atom. The van der Waals surface area contributed by atoms with Gasteiger partial charge in [-0.3, -0.25) is 0 Å². The summed E-state index contributed by atoms with van der Waals surface area (Å²) in [5.74, 6) is -0.925. The number of carboxylic acids is 1. The summed E-state index contributed by atoms with van der Waals surface area (Å²) in [6.07, 6.45) is 0.152. The zero-order chi connectivity index (χ0) is 10.8. The zero-order valence-corrected chi connectivity index (χ0v) is 8.18. The minimum Gasteiger partial charge on any atom is -0.480 e. The van der Waals surface area contributed by atoms with Gasteiger partial charge in [0.25, 0.3) is 0 Å². The number of benzene rings is 1. The lowest BCUT2D eigenvalue weighted by Crippen LogP contribution is -2.31. The van der Waals surface area contributed by atoms with Gasteiger partial charge in [0.15, 0.2) is 0 Å². The van der Waals surface area contributed by atoms with Crippen molar-refractivity contribution in [3.05, 3.63) is 29.8 Å². The Balaban J connectivity index is 2.31. The molecule has 0 spiro atoms. The summed E-state index contributed by atoms with van der Waals surface area (Å²) in [6, 6.07) is 6.76. The highest BCUT2D eigenvalue weighted by Crippen LogP contribution is 2.23. The second kappa shape index (κ2) is 3.90. The molecule has 0 amide bonds. The fraction of sp³-hybridized carbons (Fsp3) is 0.364. The molecule has 0 bridgehead atoms. The van der Waals surface area contributed by atoms with E-state index in [1.807, 2.05) is 24.3 Å². The van der Waals surface area contributed by atoms with Gasteiger partial charge >= 0.3 is 5.97 Å². The monoisotopic (exact) mass is 207 g/mol. The average Bonchev–Trinajstić information content (AvgIpc) is 2.35. The Hall–Kier alpha value is -1.55. The molecule has 0 aromatic heterocycles. The topological polar surface area (TPSA) is 69.6 Å². The fourth-order valence-electron chi connectivity index (χ4n) is 1.86. The van der Waals surface area contributed by atoms with Crippen molar-refractivity contribution in [2.45, 2.75) is 25.0 Å². The number of aliphatic hydroxyl groups excluding tert-OH is 1. The molecule has 2 unspecified atom stereocenters. The van der Waals surface area contributed by atoms with Crippen molar-refractivity contribution < 1.29 is 15.0 Å². The number of para-hydroxylation sites is 1. The average molecular weight is 207 g/mol. The van der Waals surface area contributed by atoms with Crippen LogP contribution in [0.15, 0.2) is 24.3 Å². The summed E-state index contributed by atoms with van der Waals surface area (Å²) in [5, 5.41) is 21.5. The minimum absolute atomic E-state index is 0.240. The first-order valence-corrected chi connectivity index (χ1v) is 4.92. The van der Waals surface area contributed by atoms with Crippen molar-refractivity contribution in [3.63, 3.8) is 0 Å². The molecule has 2 rings (SSSR count). The molecule has 1 aliphatic rings. The summed E-state index contributed by atoms with van der Waals surface area (Å²) in [4.78, 5) is 10.9. The molecule has 1 aromatic carbocycles. The molecular formula is C11H13NO3. The standard InChI is InChI=1S/C11H13NO3/c13-8-5-7-3-1-2-4-9(7)12-10(6-8)11(14)15/h1-4,8,10,12-13H,5-6H2,(H,14,15). The van der Waals surface area contributed by atoms with Crippen molar-refractivity contribution in [3.8, 4) is 0 Å². The van der Waals surface area contributed by atoms with Gasteiger partial charge in [0.1, 0.15) is 6.04 Å². The smallest absolute Gasteiger partial charge is 0.326 e. The molecule has 4 nitrogen and oxygen atoms in total. The van der Waals surface area contributed by atoms with Gasteiger partial charge in [0.2, 0.25) is 0 Å². The predicted octanol–water partition coefficient (Wildman–Crippen LogP) is 0.859. The predicted molar refractivity (Wildman–Crippen MR) is 55.8 cm³/mol. The number of hydrogen-bond acceptors (Lipinski definition) is 3. The van der Waals surface area contributed by atoms with Crippen LogP contribution in [0.3, 0.4) is 0 Å². The molecule has 80 valence electrons. The van der Waals surface area contributed by atoms with Gasteiger partial charge in [0, 0.05) is 18.5 Å². The Morgan fingerprint density at radius 2 is 2.13 bits per heavy atom. The molecule has 0 radical (unpaired) electrons. The molecule has 0 saturated heterocycles. The van der Waals surface area contributed by atoms with Crippen LogP contribution in [0.25, 0.3) is 0 Å². The second-order valence-electron chi connectivity index (χ2n) is 3.79. The Labute approximate surface area is 87.6 Å². The van der Waals surface area contributed by atoms with Gasteiger partial charge < -0.3 is 15.5 Å². The minimum atomic E-state index is -0.925. The Kier molecular flexibility index (Phi) is 2.60. The van der Waals surface area contributed by atoms with Crippen molar-refractivity contribution in [2.75, 3.05) is 5.32 Å². The van der Waals surface area contributed by atoms with Gasteiger partial charge in [-0.25, -0.2) is 4.79 Å². The third kappa shape index (κ3) is 2.10. The molecule has 3 N–H and O–H groups in total. The number of fused-ring (bicyclic) bond motifs is 1. The molecule has 1 heterocycles. The molecular weight excluding hydrogens is 194 g/mol. The zero-order valence-electron chi connectivity index (χ0n) is 8.18. The third-order valence-corrected chi connectivity index (χ3v) is 2.61. The first kappa shape index (κ1) is 9.98. The highest BCUT2D eigenvalue weighted by atomic mass is 16.4. The highest BCUT2D eigenvalue weighted by molar-refractivity contribution is 5.78. The summed E-state index contributed by atoms with van der Waals surface area (Å²) in [6.45, 7) is 0. The number of rotatable bonds is 1. The van der Waals surface area contributed by atoms with Crippen LogP contribution in [0.1, 0.15) is 12.0 Å². The van der Waals surface area contributed by atoms with Crippen LogP contribution in [-0.4, -0.2) is 28.3 Å². The molecule has 0 aliphatic carbocycles. The van der Waals surface area contributed by atoms with E-state index < -0.39 is 18.1 Å². The molecule has 0 fully saturated rings. The lowest BCUT2D eigenvalue weighted by atomic mass is 10.0. The van der Waals surface area contributed by atoms with E-state index in [0.717, 1.165) is 11.3 Å². The molecule has 0 saturated carbocycles. The maximum atomic E-state index is 10.9. The number of carbonyl (C=O) groups is 1. The number of anilines is 1. The summed E-state index contributed by atoms with van der Waals surface area (Å²) in [7, 11) is 0. The van der Waals surface area contributed by atoms with Gasteiger partial charge in [-0.15, -0.1) is 0 Å². The normalized spacial score (nSPS) is 24.9. The van der Waals surface area contributed by atoms with Crippen LogP contribution in [-0.2, 0) is 11.2 Å². The van der Waals surface area contributed by atoms with Crippen LogP contribution in [0.5, 0.6) is 0 Å². The molecule has 4 heteroatoms. The Morgan fingerprint density at radius 1 is 1.40 bits per heavy atom. The van der Waals surface area contributed by atoms with E-state index in [0.29, 0.717) is 6.42 Å². The fourth-order valence-corrected chi connectivity index (χ4v) is 1.86. The summed E-state index contributed by atoms with van der Waals surface area (Å²) >= 11 is 0. The summed E-state index contributed by atoms with van der Waals surface area (Å²) in [5.41, 5.74) is 1.77. The Bertz CT molecular complexity index is 378. The first-order valence-electron chi connectivity index (χ1n) is 4.92. The van der Waals surface area contributed by atoms with Gasteiger partial charge in [0.05, 0.1) is 6.10 Å². The van der Waals surface area contributed by atoms with Crippen molar-refractivity contribution in [2.24, 2.45) is 0 Å². The van der Waals surface area contributed by atoms with E-state index in [9.17, 15) is 9.90 Å². The SMILES string of the molecule is O=C(O)C1CC(O)Cc2ccccc2N1. The van der Waals surface area contributed by atoms with Crippen molar-refractivity contribution >= 4 is 11.7 Å². The number of aliphatic hydroxyl groups is 1. The van der Waals surface area contributed by atoms with Crippen LogP contribution in [0.2, 0.25) is 0 Å². The number of hydrogen-bond donors (Lipinski definition) is 3. The largest absolute Gasteiger partial charge is 0.480 e. The lowest BCUT2D eigenvalue weighted by Gasteiger charge is -2.13. The van der Waals surface area contributed by atoms with Crippen LogP contribution >= 0.6 is 0 Å². The highest BCUT2D eigenvalue weighted by Gasteiger charge is 2.25. The van der Waals surface area contributed by atoms with Gasteiger partial charge in [-0.05, 0) is 11.6 Å². The second-order valence-corrected chi connectivity index (χ2v) is 3.79. The van der Waals surface area contributed by atoms with Crippen molar-refractivity contribution in [1.82, 2.24) is 0 Å². The molecule has 2 atom stereocenters. The summed E-state index contributed by atoms with van der Waals surface area (Å²) < 4.78 is 0. The van der Waals surface area contributed by atoms with Crippen LogP contribution < -0.4 is 5.32 Å². The van der Waals surface area contributed by atoms with E-state index in [1.165, 1.54) is 0 Å².